The zero-order valence-corrected chi connectivity index (χ0v) is 11.1. The zero-order chi connectivity index (χ0) is 12.6. The third-order valence-corrected chi connectivity index (χ3v) is 5.26. The van der Waals surface area contributed by atoms with Crippen molar-refractivity contribution in [3.8, 4) is 0 Å². The fourth-order valence-electron chi connectivity index (χ4n) is 1.64. The molecular formula is C10H20N2O3S. The number of nitrogens with one attached hydrogen (secondary N) is 1. The summed E-state index contributed by atoms with van der Waals surface area (Å²) >= 11 is 0. The molecule has 1 fully saturated rings. The number of carbonyl (C=O) groups is 1. The van der Waals surface area contributed by atoms with Gasteiger partial charge < -0.3 is 4.90 Å². The minimum absolute atomic E-state index is 0.000718. The van der Waals surface area contributed by atoms with Crippen LogP contribution in [-0.2, 0) is 14.6 Å². The molecule has 0 aromatic rings. The number of sulfone groups is 1. The zero-order valence-electron chi connectivity index (χ0n) is 10.3. The van der Waals surface area contributed by atoms with Crippen molar-refractivity contribution >= 4 is 15.7 Å². The van der Waals surface area contributed by atoms with E-state index in [9.17, 15) is 13.2 Å². The number of nitrogens with zero attached hydrogens (tertiary/aromatic N) is 1. The Bertz CT molecular complexity index is 376. The molecule has 6 heteroatoms. The summed E-state index contributed by atoms with van der Waals surface area (Å²) in [5.41, 5.74) is 0. The topological polar surface area (TPSA) is 66.5 Å². The van der Waals surface area contributed by atoms with Gasteiger partial charge in [0.1, 0.15) is 0 Å². The van der Waals surface area contributed by atoms with Crippen LogP contribution in [-0.4, -0.2) is 49.5 Å². The Kier molecular flexibility index (Phi) is 3.64. The van der Waals surface area contributed by atoms with E-state index < -0.39 is 14.6 Å². The molecule has 0 aromatic heterocycles. The summed E-state index contributed by atoms with van der Waals surface area (Å²) in [6, 6.07) is -0.157. The molecular weight excluding hydrogens is 228 g/mol. The molecule has 1 rings (SSSR count). The average Bonchev–Trinajstić information content (AvgIpc) is 2.45. The van der Waals surface area contributed by atoms with E-state index in [-0.39, 0.29) is 18.5 Å². The van der Waals surface area contributed by atoms with Gasteiger partial charge in [0, 0.05) is 12.8 Å². The van der Waals surface area contributed by atoms with E-state index in [1.807, 2.05) is 6.92 Å². The van der Waals surface area contributed by atoms with Crippen LogP contribution in [0.4, 0.5) is 0 Å². The van der Waals surface area contributed by atoms with Gasteiger partial charge in [-0.25, -0.2) is 8.42 Å². The quantitative estimate of drug-likeness (QED) is 0.759. The highest BCUT2D eigenvalue weighted by atomic mass is 32.2. The summed E-state index contributed by atoms with van der Waals surface area (Å²) in [6.07, 6.45) is 1.94. The van der Waals surface area contributed by atoms with Crippen LogP contribution in [0.5, 0.6) is 0 Å². The van der Waals surface area contributed by atoms with Gasteiger partial charge in [0.15, 0.2) is 9.84 Å². The van der Waals surface area contributed by atoms with Crippen molar-refractivity contribution in [2.45, 2.75) is 38.0 Å². The van der Waals surface area contributed by atoms with Crippen LogP contribution < -0.4 is 5.32 Å². The molecule has 1 aliphatic rings. The number of carbonyl (C=O) groups excluding carboxylic acids is 1. The van der Waals surface area contributed by atoms with Gasteiger partial charge in [-0.3, -0.25) is 10.1 Å². The van der Waals surface area contributed by atoms with E-state index in [2.05, 4.69) is 5.32 Å². The van der Waals surface area contributed by atoms with Crippen molar-refractivity contribution in [3.63, 3.8) is 0 Å². The first-order valence-electron chi connectivity index (χ1n) is 5.41. The number of amides is 1. The molecule has 1 atom stereocenters. The molecule has 1 saturated heterocycles. The minimum atomic E-state index is -3.16. The Hall–Kier alpha value is -0.620. The highest BCUT2D eigenvalue weighted by Crippen LogP contribution is 2.19. The van der Waals surface area contributed by atoms with E-state index in [1.54, 1.807) is 18.7 Å². The van der Waals surface area contributed by atoms with Crippen LogP contribution in [0.25, 0.3) is 0 Å². The molecule has 0 bridgehead atoms. The third-order valence-electron chi connectivity index (χ3n) is 3.12. The normalized spacial score (nSPS) is 22.9. The summed E-state index contributed by atoms with van der Waals surface area (Å²) in [5, 5.41) is 3.06. The van der Waals surface area contributed by atoms with Gasteiger partial charge in [-0.2, -0.15) is 0 Å². The SMILES string of the molecule is CCC1NCN(CC(C)(C)S(C)(=O)=O)C1=O. The first kappa shape index (κ1) is 13.4. The molecule has 1 unspecified atom stereocenters. The van der Waals surface area contributed by atoms with E-state index in [0.29, 0.717) is 6.67 Å². The summed E-state index contributed by atoms with van der Waals surface area (Å²) in [5.74, 6) is -0.000718. The third kappa shape index (κ3) is 2.55. The second-order valence-corrected chi connectivity index (χ2v) is 7.54. The Morgan fingerprint density at radius 2 is 2.06 bits per heavy atom. The standard InChI is InChI=1S/C10H20N2O3S/c1-5-8-9(13)12(7-11-8)6-10(2,3)16(4,14)15/h8,11H,5-7H2,1-4H3. The average molecular weight is 248 g/mol. The van der Waals surface area contributed by atoms with E-state index in [1.165, 1.54) is 6.26 Å². The van der Waals surface area contributed by atoms with Gasteiger partial charge in [-0.1, -0.05) is 6.92 Å². The van der Waals surface area contributed by atoms with Crippen LogP contribution >= 0.6 is 0 Å². The Morgan fingerprint density at radius 3 is 2.44 bits per heavy atom. The molecule has 1 aliphatic heterocycles. The van der Waals surface area contributed by atoms with E-state index in [0.717, 1.165) is 6.42 Å². The maximum absolute atomic E-state index is 11.8. The molecule has 1 N–H and O–H groups in total. The highest BCUT2D eigenvalue weighted by Gasteiger charge is 2.38. The molecule has 0 aliphatic carbocycles. The van der Waals surface area contributed by atoms with Gasteiger partial charge in [0.2, 0.25) is 5.91 Å². The Morgan fingerprint density at radius 1 is 1.50 bits per heavy atom. The van der Waals surface area contributed by atoms with E-state index >= 15 is 0 Å². The fourth-order valence-corrected chi connectivity index (χ4v) is 2.03. The molecule has 1 amide bonds. The number of hydrogen-bond donors (Lipinski definition) is 1. The van der Waals surface area contributed by atoms with Crippen molar-refractivity contribution in [2.24, 2.45) is 0 Å². The molecule has 5 nitrogen and oxygen atoms in total. The van der Waals surface area contributed by atoms with Crippen LogP contribution in [0.2, 0.25) is 0 Å². The lowest BCUT2D eigenvalue weighted by atomic mass is 10.2. The fraction of sp³-hybridized carbons (Fsp3) is 0.900. The first-order valence-corrected chi connectivity index (χ1v) is 7.30. The van der Waals surface area contributed by atoms with Gasteiger partial charge in [-0.15, -0.1) is 0 Å². The molecule has 94 valence electrons. The summed E-state index contributed by atoms with van der Waals surface area (Å²) in [7, 11) is -3.16. The van der Waals surface area contributed by atoms with Crippen LogP contribution in [0.3, 0.4) is 0 Å². The number of rotatable bonds is 4. The predicted molar refractivity (Wildman–Crippen MR) is 62.7 cm³/mol. The molecule has 0 saturated carbocycles. The van der Waals surface area contributed by atoms with Crippen molar-refractivity contribution in [2.75, 3.05) is 19.5 Å². The maximum Gasteiger partial charge on any atom is 0.240 e. The Labute approximate surface area is 97.1 Å². The lowest BCUT2D eigenvalue weighted by Gasteiger charge is -2.28. The van der Waals surface area contributed by atoms with Gasteiger partial charge in [0.25, 0.3) is 0 Å². The summed E-state index contributed by atoms with van der Waals surface area (Å²) in [6.45, 7) is 5.91. The first-order chi connectivity index (χ1) is 7.19. The molecule has 0 radical (unpaired) electrons. The second kappa shape index (κ2) is 4.33. The minimum Gasteiger partial charge on any atom is -0.327 e. The summed E-state index contributed by atoms with van der Waals surface area (Å²) < 4.78 is 22.2. The lowest BCUT2D eigenvalue weighted by Crippen LogP contribution is -2.45. The molecule has 16 heavy (non-hydrogen) atoms. The lowest BCUT2D eigenvalue weighted by molar-refractivity contribution is -0.129. The van der Waals surface area contributed by atoms with Crippen molar-refractivity contribution in [1.82, 2.24) is 10.2 Å². The molecule has 0 aromatic carbocycles. The Balaban J connectivity index is 2.74. The number of hydrogen-bond acceptors (Lipinski definition) is 4. The molecule has 1 heterocycles. The van der Waals surface area contributed by atoms with Gasteiger partial charge in [-0.05, 0) is 20.3 Å². The monoisotopic (exact) mass is 248 g/mol. The maximum atomic E-state index is 11.8. The second-order valence-electron chi connectivity index (χ2n) is 4.89. The largest absolute Gasteiger partial charge is 0.327 e. The van der Waals surface area contributed by atoms with Crippen molar-refractivity contribution in [1.29, 1.82) is 0 Å². The van der Waals surface area contributed by atoms with Gasteiger partial charge >= 0.3 is 0 Å². The van der Waals surface area contributed by atoms with E-state index in [4.69, 9.17) is 0 Å². The molecule has 0 spiro atoms. The van der Waals surface area contributed by atoms with Crippen LogP contribution in [0.1, 0.15) is 27.2 Å². The van der Waals surface area contributed by atoms with Crippen molar-refractivity contribution < 1.29 is 13.2 Å². The van der Waals surface area contributed by atoms with Crippen LogP contribution in [0.15, 0.2) is 0 Å². The van der Waals surface area contributed by atoms with Crippen molar-refractivity contribution in [3.05, 3.63) is 0 Å². The smallest absolute Gasteiger partial charge is 0.240 e. The van der Waals surface area contributed by atoms with Crippen LogP contribution in [0, 0.1) is 0 Å². The summed E-state index contributed by atoms with van der Waals surface area (Å²) in [4.78, 5) is 13.4. The predicted octanol–water partition coefficient (Wildman–Crippen LogP) is -0.0225. The highest BCUT2D eigenvalue weighted by molar-refractivity contribution is 7.92. The van der Waals surface area contributed by atoms with Gasteiger partial charge in [0.05, 0.1) is 17.5 Å².